The highest BCUT2D eigenvalue weighted by atomic mass is 16.5. The molecule has 1 aromatic heterocycles. The number of carbonyl (C=O) groups excluding carboxylic acids is 1. The molecule has 1 amide bonds. The molecule has 22 heavy (non-hydrogen) atoms. The van der Waals surface area contributed by atoms with E-state index in [0.717, 1.165) is 11.4 Å². The van der Waals surface area contributed by atoms with Gasteiger partial charge in [-0.1, -0.05) is 0 Å². The van der Waals surface area contributed by atoms with Gasteiger partial charge in [0, 0.05) is 17.8 Å². The first kappa shape index (κ1) is 15.8. The average Bonchev–Trinajstić information content (AvgIpc) is 2.46. The quantitative estimate of drug-likeness (QED) is 0.888. The van der Waals surface area contributed by atoms with Crippen molar-refractivity contribution in [2.45, 2.75) is 26.8 Å². The van der Waals surface area contributed by atoms with Crippen LogP contribution in [0.25, 0.3) is 0 Å². The highest BCUT2D eigenvalue weighted by molar-refractivity contribution is 5.93. The van der Waals surface area contributed by atoms with E-state index in [9.17, 15) is 4.79 Å². The molecule has 0 aliphatic rings. The van der Waals surface area contributed by atoms with E-state index in [1.54, 1.807) is 20.1 Å². The third-order valence-electron chi connectivity index (χ3n) is 2.85. The predicted octanol–water partition coefficient (Wildman–Crippen LogP) is 2.68. The molecule has 1 aromatic carbocycles. The van der Waals surface area contributed by atoms with E-state index in [0.29, 0.717) is 17.3 Å². The number of anilines is 2. The number of nitrogens with one attached hydrogen (secondary N) is 2. The maximum atomic E-state index is 12.0. The smallest absolute Gasteiger partial charge is 0.270 e. The van der Waals surface area contributed by atoms with Crippen LogP contribution >= 0.6 is 0 Å². The Labute approximate surface area is 129 Å². The van der Waals surface area contributed by atoms with Gasteiger partial charge in [-0.2, -0.15) is 0 Å². The summed E-state index contributed by atoms with van der Waals surface area (Å²) in [5, 5.41) is 5.98. The van der Waals surface area contributed by atoms with Crippen molar-refractivity contribution in [3.05, 3.63) is 41.9 Å². The Bertz CT molecular complexity index is 654. The van der Waals surface area contributed by atoms with Crippen LogP contribution in [-0.2, 0) is 0 Å². The van der Waals surface area contributed by atoms with Crippen molar-refractivity contribution in [2.75, 3.05) is 12.4 Å². The zero-order valence-corrected chi connectivity index (χ0v) is 13.2. The largest absolute Gasteiger partial charge is 0.497 e. The molecule has 2 N–H and O–H groups in total. The molecule has 0 saturated carbocycles. The first-order valence-corrected chi connectivity index (χ1v) is 7.05. The molecular weight excluding hydrogens is 280 g/mol. The van der Waals surface area contributed by atoms with E-state index in [1.165, 1.54) is 0 Å². The summed E-state index contributed by atoms with van der Waals surface area (Å²) >= 11 is 0. The van der Waals surface area contributed by atoms with Gasteiger partial charge in [0.1, 0.15) is 23.1 Å². The summed E-state index contributed by atoms with van der Waals surface area (Å²) in [5.41, 5.74) is 1.20. The van der Waals surface area contributed by atoms with Gasteiger partial charge in [0.15, 0.2) is 0 Å². The normalized spacial score (nSPS) is 10.4. The highest BCUT2D eigenvalue weighted by Gasteiger charge is 2.11. The summed E-state index contributed by atoms with van der Waals surface area (Å²) in [4.78, 5) is 20.5. The minimum atomic E-state index is -0.210. The van der Waals surface area contributed by atoms with E-state index in [1.807, 2.05) is 38.1 Å². The molecule has 2 aromatic rings. The van der Waals surface area contributed by atoms with E-state index in [-0.39, 0.29) is 11.9 Å². The lowest BCUT2D eigenvalue weighted by atomic mass is 10.3. The molecule has 0 spiro atoms. The number of methoxy groups -OCH3 is 1. The van der Waals surface area contributed by atoms with E-state index >= 15 is 0 Å². The summed E-state index contributed by atoms with van der Waals surface area (Å²) < 4.78 is 5.12. The van der Waals surface area contributed by atoms with Gasteiger partial charge in [-0.3, -0.25) is 4.79 Å². The lowest BCUT2D eigenvalue weighted by molar-refractivity contribution is 0.0937. The Morgan fingerprint density at radius 3 is 2.45 bits per heavy atom. The molecule has 0 unspecified atom stereocenters. The van der Waals surface area contributed by atoms with Crippen molar-refractivity contribution >= 4 is 17.4 Å². The Kier molecular flexibility index (Phi) is 4.93. The topological polar surface area (TPSA) is 76.1 Å². The first-order valence-electron chi connectivity index (χ1n) is 7.05. The summed E-state index contributed by atoms with van der Waals surface area (Å²) in [6.07, 6.45) is 0. The van der Waals surface area contributed by atoms with E-state index in [2.05, 4.69) is 20.6 Å². The summed E-state index contributed by atoms with van der Waals surface area (Å²) in [6.45, 7) is 5.57. The minimum absolute atomic E-state index is 0.0563. The van der Waals surface area contributed by atoms with Crippen molar-refractivity contribution in [2.24, 2.45) is 0 Å². The van der Waals surface area contributed by atoms with Gasteiger partial charge in [0.25, 0.3) is 5.91 Å². The number of nitrogens with zero attached hydrogens (tertiary/aromatic N) is 2. The number of rotatable bonds is 5. The molecule has 0 atom stereocenters. The standard InChI is InChI=1S/C16H20N4O2/c1-10(2)17-16(21)14-9-15(19-11(3)18-14)20-12-5-7-13(22-4)8-6-12/h5-10H,1-4H3,(H,17,21)(H,18,19,20). The second-order valence-corrected chi connectivity index (χ2v) is 5.17. The van der Waals surface area contributed by atoms with E-state index in [4.69, 9.17) is 4.74 Å². The Balaban J connectivity index is 2.20. The monoisotopic (exact) mass is 300 g/mol. The molecule has 0 radical (unpaired) electrons. The van der Waals surface area contributed by atoms with Crippen molar-refractivity contribution in [1.82, 2.24) is 15.3 Å². The number of aryl methyl sites for hydroxylation is 1. The number of aromatic nitrogens is 2. The molecule has 6 nitrogen and oxygen atoms in total. The molecule has 6 heteroatoms. The van der Waals surface area contributed by atoms with Crippen LogP contribution in [0.2, 0.25) is 0 Å². The number of hydrogen-bond acceptors (Lipinski definition) is 5. The highest BCUT2D eigenvalue weighted by Crippen LogP contribution is 2.19. The third kappa shape index (κ3) is 4.18. The van der Waals surface area contributed by atoms with Gasteiger partial charge in [-0.25, -0.2) is 9.97 Å². The second kappa shape index (κ2) is 6.89. The fourth-order valence-corrected chi connectivity index (χ4v) is 1.91. The van der Waals surface area contributed by atoms with Gasteiger partial charge in [0.2, 0.25) is 0 Å². The fourth-order valence-electron chi connectivity index (χ4n) is 1.91. The Hall–Kier alpha value is -2.63. The fraction of sp³-hybridized carbons (Fsp3) is 0.312. The van der Waals surface area contributed by atoms with Crippen LogP contribution < -0.4 is 15.4 Å². The van der Waals surface area contributed by atoms with Gasteiger partial charge < -0.3 is 15.4 Å². The first-order chi connectivity index (χ1) is 10.5. The number of ether oxygens (including phenoxy) is 1. The van der Waals surface area contributed by atoms with Crippen LogP contribution in [0.15, 0.2) is 30.3 Å². The number of amides is 1. The van der Waals surface area contributed by atoms with E-state index < -0.39 is 0 Å². The molecule has 0 aliphatic heterocycles. The molecule has 0 saturated heterocycles. The van der Waals surface area contributed by atoms with Gasteiger partial charge in [-0.05, 0) is 45.0 Å². The van der Waals surface area contributed by atoms with Crippen molar-refractivity contribution in [3.8, 4) is 5.75 Å². The van der Waals surface area contributed by atoms with Crippen molar-refractivity contribution in [1.29, 1.82) is 0 Å². The van der Waals surface area contributed by atoms with Crippen LogP contribution in [0.3, 0.4) is 0 Å². The number of hydrogen-bond donors (Lipinski definition) is 2. The third-order valence-corrected chi connectivity index (χ3v) is 2.85. The molecule has 0 fully saturated rings. The molecular formula is C16H20N4O2. The van der Waals surface area contributed by atoms with Gasteiger partial charge >= 0.3 is 0 Å². The molecule has 116 valence electrons. The summed E-state index contributed by atoms with van der Waals surface area (Å²) in [5.74, 6) is 1.68. The lowest BCUT2D eigenvalue weighted by Gasteiger charge is -2.11. The summed E-state index contributed by atoms with van der Waals surface area (Å²) in [7, 11) is 1.62. The molecule has 1 heterocycles. The maximum absolute atomic E-state index is 12.0. The molecule has 0 bridgehead atoms. The minimum Gasteiger partial charge on any atom is -0.497 e. The molecule has 0 aliphatic carbocycles. The number of carbonyl (C=O) groups is 1. The Morgan fingerprint density at radius 1 is 1.18 bits per heavy atom. The average molecular weight is 300 g/mol. The second-order valence-electron chi connectivity index (χ2n) is 5.17. The number of benzene rings is 1. The van der Waals surface area contributed by atoms with Crippen LogP contribution in [0.5, 0.6) is 5.75 Å². The Morgan fingerprint density at radius 2 is 1.86 bits per heavy atom. The predicted molar refractivity (Wildman–Crippen MR) is 85.6 cm³/mol. The lowest BCUT2D eigenvalue weighted by Crippen LogP contribution is -2.31. The van der Waals surface area contributed by atoms with Crippen molar-refractivity contribution < 1.29 is 9.53 Å². The zero-order valence-electron chi connectivity index (χ0n) is 13.2. The molecule has 2 rings (SSSR count). The maximum Gasteiger partial charge on any atom is 0.270 e. The SMILES string of the molecule is COc1ccc(Nc2cc(C(=O)NC(C)C)nc(C)n2)cc1. The van der Waals surface area contributed by atoms with Crippen LogP contribution in [0, 0.1) is 6.92 Å². The van der Waals surface area contributed by atoms with Crippen LogP contribution in [-0.4, -0.2) is 29.0 Å². The van der Waals surface area contributed by atoms with Gasteiger partial charge in [0.05, 0.1) is 7.11 Å². The summed E-state index contributed by atoms with van der Waals surface area (Å²) in [6, 6.07) is 9.15. The van der Waals surface area contributed by atoms with Gasteiger partial charge in [-0.15, -0.1) is 0 Å². The van der Waals surface area contributed by atoms with Crippen molar-refractivity contribution in [3.63, 3.8) is 0 Å². The van der Waals surface area contributed by atoms with Crippen LogP contribution in [0.1, 0.15) is 30.2 Å². The van der Waals surface area contributed by atoms with Crippen LogP contribution in [0.4, 0.5) is 11.5 Å². The zero-order chi connectivity index (χ0) is 16.1.